The molecule has 0 aliphatic heterocycles. The van der Waals surface area contributed by atoms with Gasteiger partial charge in [0.25, 0.3) is 0 Å². The summed E-state index contributed by atoms with van der Waals surface area (Å²) in [6.45, 7) is 4.49. The Labute approximate surface area is 221 Å². The molecule has 7 rings (SSSR count). The molecule has 0 atom stereocenters. The van der Waals surface area contributed by atoms with Crippen LogP contribution >= 0.6 is 11.3 Å². The van der Waals surface area contributed by atoms with Crippen molar-refractivity contribution in [3.63, 3.8) is 0 Å². The van der Waals surface area contributed by atoms with Gasteiger partial charge >= 0.3 is 0 Å². The lowest BCUT2D eigenvalue weighted by molar-refractivity contribution is 0.866. The molecule has 0 fully saturated rings. The number of anilines is 3. The maximum absolute atomic E-state index is 2.41. The quantitative estimate of drug-likeness (QED) is 0.236. The number of para-hydroxylation sites is 1. The standard InChI is InChI=1S/C35H27NS/c1-23(2)24-16-18-28(19-17-24)36(27-12-4-3-5-13-27)32-22-34-35(30-15-9-8-14-29(30)32)31-20-25-10-6-7-11-26(25)21-33(31)37-34/h3-23H,1-2H3. The van der Waals surface area contributed by atoms with Crippen LogP contribution in [0.15, 0.2) is 121 Å². The lowest BCUT2D eigenvalue weighted by Gasteiger charge is -2.27. The van der Waals surface area contributed by atoms with Crippen molar-refractivity contribution in [2.24, 2.45) is 0 Å². The van der Waals surface area contributed by atoms with E-state index in [1.165, 1.54) is 58.7 Å². The minimum absolute atomic E-state index is 0.505. The number of hydrogen-bond donors (Lipinski definition) is 0. The third-order valence-electron chi connectivity index (χ3n) is 7.40. The maximum Gasteiger partial charge on any atom is 0.0554 e. The largest absolute Gasteiger partial charge is 0.310 e. The van der Waals surface area contributed by atoms with Gasteiger partial charge in [-0.05, 0) is 70.1 Å². The van der Waals surface area contributed by atoms with Gasteiger partial charge in [0.1, 0.15) is 0 Å². The van der Waals surface area contributed by atoms with E-state index in [1.807, 2.05) is 11.3 Å². The van der Waals surface area contributed by atoms with Crippen LogP contribution < -0.4 is 4.90 Å². The monoisotopic (exact) mass is 493 g/mol. The van der Waals surface area contributed by atoms with Crippen molar-refractivity contribution in [3.05, 3.63) is 127 Å². The Morgan fingerprint density at radius 3 is 1.89 bits per heavy atom. The highest BCUT2D eigenvalue weighted by molar-refractivity contribution is 7.26. The van der Waals surface area contributed by atoms with Gasteiger partial charge in [-0.2, -0.15) is 0 Å². The molecule has 0 aliphatic carbocycles. The van der Waals surface area contributed by atoms with E-state index in [0.29, 0.717) is 5.92 Å². The average molecular weight is 494 g/mol. The molecule has 1 nitrogen and oxygen atoms in total. The van der Waals surface area contributed by atoms with Crippen molar-refractivity contribution in [2.75, 3.05) is 4.90 Å². The minimum Gasteiger partial charge on any atom is -0.310 e. The van der Waals surface area contributed by atoms with Crippen LogP contribution in [0.4, 0.5) is 17.1 Å². The molecule has 7 aromatic rings. The molecule has 0 saturated heterocycles. The Balaban J connectivity index is 1.55. The van der Waals surface area contributed by atoms with E-state index in [4.69, 9.17) is 0 Å². The van der Waals surface area contributed by atoms with E-state index in [0.717, 1.165) is 5.69 Å². The Bertz CT molecular complexity index is 1900. The van der Waals surface area contributed by atoms with Gasteiger partial charge in [-0.15, -0.1) is 11.3 Å². The molecule has 0 N–H and O–H groups in total. The SMILES string of the molecule is CC(C)c1ccc(N(c2ccccc2)c2cc3sc4cc5ccccc5cc4c3c3ccccc23)cc1. The second-order valence-electron chi connectivity index (χ2n) is 10.0. The number of rotatable bonds is 4. The van der Waals surface area contributed by atoms with E-state index in [2.05, 4.69) is 140 Å². The second kappa shape index (κ2) is 8.76. The van der Waals surface area contributed by atoms with Gasteiger partial charge in [0.2, 0.25) is 0 Å². The molecule has 0 spiro atoms. The van der Waals surface area contributed by atoms with Crippen molar-refractivity contribution >= 4 is 70.1 Å². The maximum atomic E-state index is 2.41. The molecular weight excluding hydrogens is 466 g/mol. The first kappa shape index (κ1) is 22.1. The lowest BCUT2D eigenvalue weighted by Crippen LogP contribution is -2.10. The summed E-state index contributed by atoms with van der Waals surface area (Å²) in [5.41, 5.74) is 4.90. The van der Waals surface area contributed by atoms with Crippen molar-refractivity contribution < 1.29 is 0 Å². The average Bonchev–Trinajstić information content (AvgIpc) is 3.30. The third kappa shape index (κ3) is 3.68. The molecule has 0 amide bonds. The summed E-state index contributed by atoms with van der Waals surface area (Å²) in [6.07, 6.45) is 0. The first-order valence-corrected chi connectivity index (χ1v) is 13.7. The predicted molar refractivity (Wildman–Crippen MR) is 163 cm³/mol. The van der Waals surface area contributed by atoms with Crippen molar-refractivity contribution in [1.29, 1.82) is 0 Å². The zero-order valence-corrected chi connectivity index (χ0v) is 21.8. The number of fused-ring (bicyclic) bond motifs is 6. The molecule has 0 aliphatic rings. The molecule has 178 valence electrons. The van der Waals surface area contributed by atoms with E-state index >= 15 is 0 Å². The number of hydrogen-bond acceptors (Lipinski definition) is 2. The Morgan fingerprint density at radius 2 is 1.16 bits per heavy atom. The van der Waals surface area contributed by atoms with E-state index in [1.54, 1.807) is 0 Å². The van der Waals surface area contributed by atoms with Crippen LogP contribution in [0.25, 0.3) is 41.7 Å². The van der Waals surface area contributed by atoms with Crippen LogP contribution in [-0.4, -0.2) is 0 Å². The number of nitrogens with zero attached hydrogens (tertiary/aromatic N) is 1. The van der Waals surface area contributed by atoms with Crippen molar-refractivity contribution in [3.8, 4) is 0 Å². The highest BCUT2D eigenvalue weighted by atomic mass is 32.1. The Morgan fingerprint density at radius 1 is 0.541 bits per heavy atom. The van der Waals surface area contributed by atoms with Crippen LogP contribution in [0.3, 0.4) is 0 Å². The summed E-state index contributed by atoms with van der Waals surface area (Å²) in [5.74, 6) is 0.505. The van der Waals surface area contributed by atoms with Gasteiger partial charge in [0.15, 0.2) is 0 Å². The minimum atomic E-state index is 0.505. The lowest BCUT2D eigenvalue weighted by atomic mass is 9.99. The van der Waals surface area contributed by atoms with E-state index in [9.17, 15) is 0 Å². The van der Waals surface area contributed by atoms with Gasteiger partial charge in [-0.25, -0.2) is 0 Å². The zero-order valence-electron chi connectivity index (χ0n) is 21.0. The summed E-state index contributed by atoms with van der Waals surface area (Å²) < 4.78 is 2.65. The smallest absolute Gasteiger partial charge is 0.0554 e. The van der Waals surface area contributed by atoms with Gasteiger partial charge in [-0.3, -0.25) is 0 Å². The number of thiophene rings is 1. The molecule has 6 aromatic carbocycles. The summed E-state index contributed by atoms with van der Waals surface area (Å²) >= 11 is 1.89. The van der Waals surface area contributed by atoms with E-state index < -0.39 is 0 Å². The highest BCUT2D eigenvalue weighted by Crippen LogP contribution is 2.46. The topological polar surface area (TPSA) is 3.24 Å². The molecule has 37 heavy (non-hydrogen) atoms. The molecular formula is C35H27NS. The normalized spacial score (nSPS) is 11.8. The van der Waals surface area contributed by atoms with Crippen LogP contribution in [0.2, 0.25) is 0 Å². The second-order valence-corrected chi connectivity index (χ2v) is 11.1. The summed E-state index contributed by atoms with van der Waals surface area (Å²) in [4.78, 5) is 2.41. The van der Waals surface area contributed by atoms with Gasteiger partial charge in [-0.1, -0.05) is 92.7 Å². The third-order valence-corrected chi connectivity index (χ3v) is 8.50. The van der Waals surface area contributed by atoms with Crippen LogP contribution in [0.1, 0.15) is 25.3 Å². The van der Waals surface area contributed by atoms with Crippen LogP contribution in [0.5, 0.6) is 0 Å². The molecule has 1 heterocycles. The zero-order chi connectivity index (χ0) is 24.9. The molecule has 0 saturated carbocycles. The first-order chi connectivity index (χ1) is 18.2. The van der Waals surface area contributed by atoms with Crippen molar-refractivity contribution in [1.82, 2.24) is 0 Å². The van der Waals surface area contributed by atoms with Crippen LogP contribution in [0, 0.1) is 0 Å². The van der Waals surface area contributed by atoms with Gasteiger partial charge < -0.3 is 4.90 Å². The van der Waals surface area contributed by atoms with Gasteiger partial charge in [0.05, 0.1) is 5.69 Å². The highest BCUT2D eigenvalue weighted by Gasteiger charge is 2.19. The summed E-state index contributed by atoms with van der Waals surface area (Å²) in [7, 11) is 0. The summed E-state index contributed by atoms with van der Waals surface area (Å²) in [5, 5.41) is 7.85. The molecule has 0 radical (unpaired) electrons. The van der Waals surface area contributed by atoms with E-state index in [-0.39, 0.29) is 0 Å². The summed E-state index contributed by atoms with van der Waals surface area (Å²) in [6, 6.07) is 44.5. The molecule has 0 bridgehead atoms. The van der Waals surface area contributed by atoms with Crippen LogP contribution in [-0.2, 0) is 0 Å². The molecule has 1 aromatic heterocycles. The fourth-order valence-corrected chi connectivity index (χ4v) is 6.69. The molecule has 2 heteroatoms. The fourth-order valence-electron chi connectivity index (χ4n) is 5.50. The number of benzene rings is 6. The Kier molecular flexibility index (Phi) is 5.23. The van der Waals surface area contributed by atoms with Crippen molar-refractivity contribution in [2.45, 2.75) is 19.8 Å². The van der Waals surface area contributed by atoms with Gasteiger partial charge in [0, 0.05) is 36.9 Å². The molecule has 0 unspecified atom stereocenters. The Hall–Kier alpha value is -4.14. The fraction of sp³-hybridized carbons (Fsp3) is 0.0857. The first-order valence-electron chi connectivity index (χ1n) is 12.9. The predicted octanol–water partition coefficient (Wildman–Crippen LogP) is 11.0.